The Morgan fingerprint density at radius 1 is 1.02 bits per heavy atom. The van der Waals surface area contributed by atoms with E-state index in [-0.39, 0.29) is 54.7 Å². The number of hydrogen-bond acceptors (Lipinski definition) is 10. The lowest BCUT2D eigenvalue weighted by Crippen LogP contribution is -2.53. The minimum atomic E-state index is -4.17. The van der Waals surface area contributed by atoms with Crippen LogP contribution in [0.2, 0.25) is 0 Å². The van der Waals surface area contributed by atoms with Crippen molar-refractivity contribution < 1.29 is 36.3 Å². The van der Waals surface area contributed by atoms with Gasteiger partial charge in [0, 0.05) is 62.0 Å². The molecule has 0 saturated carbocycles. The third-order valence-electron chi connectivity index (χ3n) is 11.3. The van der Waals surface area contributed by atoms with Gasteiger partial charge in [0.05, 0.1) is 42.5 Å². The van der Waals surface area contributed by atoms with E-state index in [9.17, 15) is 22.8 Å². The number of hydrogen-bond donors (Lipinski definition) is 1. The quantitative estimate of drug-likeness (QED) is 0.324. The number of rotatable bonds is 9. The van der Waals surface area contributed by atoms with Crippen molar-refractivity contribution in [2.24, 2.45) is 0 Å². The molecule has 52 heavy (non-hydrogen) atoms. The smallest absolute Gasteiger partial charge is 0.341 e. The van der Waals surface area contributed by atoms with Gasteiger partial charge >= 0.3 is 15.8 Å². The maximum Gasteiger partial charge on any atom is 0.341 e. The Bertz CT molecular complexity index is 2090. The summed E-state index contributed by atoms with van der Waals surface area (Å²) in [6, 6.07) is 4.01. The summed E-state index contributed by atoms with van der Waals surface area (Å²) in [5.74, 6) is -2.87. The van der Waals surface area contributed by atoms with Crippen LogP contribution in [0.5, 0.6) is 5.75 Å². The molecule has 4 aliphatic rings. The molecule has 7 rings (SSSR count). The van der Waals surface area contributed by atoms with Gasteiger partial charge in [-0.1, -0.05) is 0 Å². The molecule has 0 radical (unpaired) electrons. The third kappa shape index (κ3) is 6.35. The largest absolute Gasteiger partial charge is 0.493 e. The predicted octanol–water partition coefficient (Wildman–Crippen LogP) is 3.51. The molecule has 4 aliphatic heterocycles. The molecule has 2 aromatic carbocycles. The van der Waals surface area contributed by atoms with Gasteiger partial charge in [0.2, 0.25) is 0 Å². The van der Waals surface area contributed by atoms with Gasteiger partial charge < -0.3 is 23.7 Å². The molecule has 1 unspecified atom stereocenters. The highest BCUT2D eigenvalue weighted by atomic mass is 32.2. The summed E-state index contributed by atoms with van der Waals surface area (Å²) in [6.45, 7) is 8.88. The average molecular weight is 740 g/mol. The standard InChI is InChI=1S/C37H46FN5O8S/c1-6-50-32-17-27(30(38)16-28(32)35(44)39-52(47,48)43-23-7-8-24(43)10-9-23)36(45)42-12-11-26-29(19-42)37(46)51-34-22(3)31(15-21(2)33(26)34)41-14-13-40(4)25(18-41)20-49-5/h15-17,23-25H,6-14,18-20H2,1-5H3,(H,39,44). The Hall–Kier alpha value is -4.05. The number of nitrogens with one attached hydrogen (secondary N) is 1. The van der Waals surface area contributed by atoms with E-state index >= 15 is 4.39 Å². The third-order valence-corrected chi connectivity index (χ3v) is 12.9. The molecule has 0 aliphatic carbocycles. The van der Waals surface area contributed by atoms with Crippen LogP contribution in [0.4, 0.5) is 10.1 Å². The number of anilines is 1. The van der Waals surface area contributed by atoms with Crippen LogP contribution < -0.4 is 20.0 Å². The van der Waals surface area contributed by atoms with Crippen LogP contribution in [0, 0.1) is 19.7 Å². The van der Waals surface area contributed by atoms with Gasteiger partial charge in [0.1, 0.15) is 17.1 Å². The summed E-state index contributed by atoms with van der Waals surface area (Å²) in [7, 11) is -0.377. The zero-order valence-corrected chi connectivity index (χ0v) is 31.1. The lowest BCUT2D eigenvalue weighted by Gasteiger charge is -2.41. The van der Waals surface area contributed by atoms with E-state index in [1.807, 2.05) is 13.8 Å². The Kier molecular flexibility index (Phi) is 9.82. The number of carbonyl (C=O) groups excluding carboxylic acids is 2. The van der Waals surface area contributed by atoms with Crippen LogP contribution in [0.15, 0.2) is 27.4 Å². The number of carbonyl (C=O) groups is 2. The number of piperazine rings is 1. The van der Waals surface area contributed by atoms with Gasteiger partial charge in [0.15, 0.2) is 0 Å². The van der Waals surface area contributed by atoms with Crippen molar-refractivity contribution in [3.63, 3.8) is 0 Å². The highest BCUT2D eigenvalue weighted by Gasteiger charge is 2.47. The number of amides is 2. The summed E-state index contributed by atoms with van der Waals surface area (Å²) in [5.41, 5.74) is 3.27. The second kappa shape index (κ2) is 14.1. The maximum atomic E-state index is 15.7. The molecule has 13 nitrogen and oxygen atoms in total. The molecular formula is C37H46FN5O8S. The van der Waals surface area contributed by atoms with Gasteiger partial charge in [-0.05, 0) is 89.2 Å². The van der Waals surface area contributed by atoms with Crippen LogP contribution in [-0.2, 0) is 27.9 Å². The van der Waals surface area contributed by atoms with Gasteiger partial charge in [0.25, 0.3) is 11.8 Å². The van der Waals surface area contributed by atoms with Crippen LogP contribution in [0.3, 0.4) is 0 Å². The normalized spacial score (nSPS) is 22.2. The second-order valence-corrected chi connectivity index (χ2v) is 16.0. The monoisotopic (exact) mass is 739 g/mol. The number of halogens is 1. The molecule has 2 bridgehead atoms. The van der Waals surface area contributed by atoms with Crippen molar-refractivity contribution in [1.29, 1.82) is 0 Å². The summed E-state index contributed by atoms with van der Waals surface area (Å²) in [5, 5.41) is 0.850. The summed E-state index contributed by atoms with van der Waals surface area (Å²) in [4.78, 5) is 46.6. The van der Waals surface area contributed by atoms with Crippen molar-refractivity contribution in [2.75, 3.05) is 58.5 Å². The number of nitrogens with zero attached hydrogens (tertiary/aromatic N) is 4. The minimum Gasteiger partial charge on any atom is -0.493 e. The number of benzene rings is 2. The molecule has 15 heteroatoms. The first-order valence-electron chi connectivity index (χ1n) is 18.0. The molecule has 3 saturated heterocycles. The second-order valence-electron chi connectivity index (χ2n) is 14.4. The molecule has 2 amide bonds. The number of aryl methyl sites for hydroxylation is 2. The van der Waals surface area contributed by atoms with Crippen LogP contribution in [-0.4, -0.2) is 106 Å². The van der Waals surface area contributed by atoms with E-state index in [1.54, 1.807) is 14.0 Å². The van der Waals surface area contributed by atoms with Gasteiger partial charge in [-0.15, -0.1) is 0 Å². The van der Waals surface area contributed by atoms with E-state index in [0.717, 1.165) is 85.2 Å². The number of methoxy groups -OCH3 is 1. The zero-order valence-electron chi connectivity index (χ0n) is 30.3. The molecule has 5 heterocycles. The molecule has 1 atom stereocenters. The van der Waals surface area contributed by atoms with Crippen molar-refractivity contribution >= 4 is 38.7 Å². The van der Waals surface area contributed by atoms with Gasteiger partial charge in [-0.3, -0.25) is 14.5 Å². The SMILES string of the molecule is CCOc1cc(C(=O)N2CCc3c(c(=O)oc4c(C)c(N5CCN(C)C(COC)C5)cc(C)c34)C2)c(F)cc1C(=O)NS(=O)(=O)N1C2CCC1CC2. The Morgan fingerprint density at radius 3 is 2.40 bits per heavy atom. The first-order valence-corrected chi connectivity index (χ1v) is 19.4. The van der Waals surface area contributed by atoms with Crippen LogP contribution in [0.25, 0.3) is 11.0 Å². The lowest BCUT2D eigenvalue weighted by atomic mass is 9.92. The number of ether oxygens (including phenoxy) is 2. The van der Waals surface area contributed by atoms with Gasteiger partial charge in [-0.2, -0.15) is 12.7 Å². The minimum absolute atomic E-state index is 0.0802. The van der Waals surface area contributed by atoms with Crippen molar-refractivity contribution in [2.45, 2.75) is 77.5 Å². The molecule has 3 aromatic rings. The fourth-order valence-corrected chi connectivity index (χ4v) is 10.3. The van der Waals surface area contributed by atoms with E-state index in [2.05, 4.69) is 27.6 Å². The van der Waals surface area contributed by atoms with E-state index in [0.29, 0.717) is 24.2 Å². The van der Waals surface area contributed by atoms with Crippen LogP contribution in [0.1, 0.15) is 75.6 Å². The first kappa shape index (κ1) is 36.3. The lowest BCUT2D eigenvalue weighted by molar-refractivity contribution is 0.0726. The van der Waals surface area contributed by atoms with Crippen molar-refractivity contribution in [3.8, 4) is 5.75 Å². The molecule has 280 valence electrons. The highest BCUT2D eigenvalue weighted by Crippen LogP contribution is 2.40. The van der Waals surface area contributed by atoms with E-state index in [4.69, 9.17) is 13.9 Å². The molecule has 1 aromatic heterocycles. The Morgan fingerprint density at radius 2 is 1.73 bits per heavy atom. The first-order chi connectivity index (χ1) is 24.8. The van der Waals surface area contributed by atoms with Gasteiger partial charge in [-0.25, -0.2) is 13.9 Å². The molecule has 3 fully saturated rings. The predicted molar refractivity (Wildman–Crippen MR) is 193 cm³/mol. The Balaban J connectivity index is 1.14. The molecule has 0 spiro atoms. The van der Waals surface area contributed by atoms with Crippen molar-refractivity contribution in [3.05, 3.63) is 67.8 Å². The Labute approximate surface area is 302 Å². The van der Waals surface area contributed by atoms with Crippen LogP contribution >= 0.6 is 0 Å². The fraction of sp³-hybridized carbons (Fsp3) is 0.541. The van der Waals surface area contributed by atoms with E-state index < -0.39 is 33.5 Å². The topological polar surface area (TPSA) is 142 Å². The number of likely N-dealkylation sites (N-methyl/N-ethyl adjacent to an activating group) is 1. The number of fused-ring (bicyclic) bond motifs is 5. The highest BCUT2D eigenvalue weighted by molar-refractivity contribution is 7.87. The maximum absolute atomic E-state index is 15.7. The fourth-order valence-electron chi connectivity index (χ4n) is 8.61. The van der Waals surface area contributed by atoms with E-state index in [1.165, 1.54) is 9.21 Å². The average Bonchev–Trinajstić information content (AvgIpc) is 3.73. The summed E-state index contributed by atoms with van der Waals surface area (Å²) >= 11 is 0. The summed E-state index contributed by atoms with van der Waals surface area (Å²) < 4.78 is 62.5. The summed E-state index contributed by atoms with van der Waals surface area (Å²) in [6.07, 6.45) is 3.30. The zero-order chi connectivity index (χ0) is 37.1. The molecular weight excluding hydrogens is 693 g/mol. The molecule has 1 N–H and O–H groups in total. The van der Waals surface area contributed by atoms with Crippen molar-refractivity contribution in [1.82, 2.24) is 18.8 Å².